The molecule has 0 aliphatic carbocycles. The van der Waals surface area contributed by atoms with E-state index in [2.05, 4.69) is 4.90 Å². The van der Waals surface area contributed by atoms with E-state index in [0.29, 0.717) is 26.2 Å². The average molecular weight is 228 g/mol. The summed E-state index contributed by atoms with van der Waals surface area (Å²) in [4.78, 5) is 26.6. The van der Waals surface area contributed by atoms with E-state index in [1.54, 1.807) is 11.8 Å². The topological polar surface area (TPSA) is 49.9 Å². The minimum absolute atomic E-state index is 0.0931. The van der Waals surface area contributed by atoms with Crippen LogP contribution in [0.15, 0.2) is 0 Å². The van der Waals surface area contributed by atoms with Gasteiger partial charge in [-0.05, 0) is 13.8 Å². The third-order valence-electron chi connectivity index (χ3n) is 3.20. The number of hydrogen-bond acceptors (Lipinski definition) is 4. The number of amides is 1. The van der Waals surface area contributed by atoms with Crippen molar-refractivity contribution in [3.63, 3.8) is 0 Å². The molecule has 0 bridgehead atoms. The molecule has 1 aliphatic rings. The van der Waals surface area contributed by atoms with Gasteiger partial charge in [-0.3, -0.25) is 14.5 Å². The normalized spacial score (nSPS) is 18.4. The van der Waals surface area contributed by atoms with Crippen molar-refractivity contribution in [1.82, 2.24) is 9.80 Å². The van der Waals surface area contributed by atoms with Crippen molar-refractivity contribution in [2.75, 3.05) is 33.3 Å². The van der Waals surface area contributed by atoms with Crippen LogP contribution in [0.3, 0.4) is 0 Å². The second-order valence-corrected chi connectivity index (χ2v) is 4.54. The number of nitrogens with zero attached hydrogens (tertiary/aromatic N) is 2. The predicted molar refractivity (Wildman–Crippen MR) is 59.9 cm³/mol. The summed E-state index contributed by atoms with van der Waals surface area (Å²) in [6.07, 6.45) is 0. The van der Waals surface area contributed by atoms with E-state index in [0.717, 1.165) is 0 Å². The van der Waals surface area contributed by atoms with Crippen molar-refractivity contribution in [2.24, 2.45) is 0 Å². The van der Waals surface area contributed by atoms with Gasteiger partial charge in [0.15, 0.2) is 0 Å². The van der Waals surface area contributed by atoms with Crippen LogP contribution in [-0.4, -0.2) is 60.5 Å². The van der Waals surface area contributed by atoms with Crippen molar-refractivity contribution in [3.05, 3.63) is 0 Å². The number of methoxy groups -OCH3 is 1. The molecule has 0 N–H and O–H groups in total. The molecule has 16 heavy (non-hydrogen) atoms. The molecule has 0 aromatic rings. The van der Waals surface area contributed by atoms with E-state index in [4.69, 9.17) is 4.74 Å². The number of carbonyl (C=O) groups excluding carboxylic acids is 2. The first-order chi connectivity index (χ1) is 7.39. The summed E-state index contributed by atoms with van der Waals surface area (Å²) in [7, 11) is 1.40. The maximum absolute atomic E-state index is 11.6. The van der Waals surface area contributed by atoms with E-state index in [9.17, 15) is 9.59 Å². The molecule has 0 saturated carbocycles. The van der Waals surface area contributed by atoms with Gasteiger partial charge in [-0.15, -0.1) is 0 Å². The molecule has 1 fully saturated rings. The Morgan fingerprint density at radius 2 is 1.62 bits per heavy atom. The van der Waals surface area contributed by atoms with Crippen LogP contribution in [0, 0.1) is 0 Å². The van der Waals surface area contributed by atoms with Crippen LogP contribution < -0.4 is 0 Å². The maximum atomic E-state index is 11.6. The number of esters is 1. The first kappa shape index (κ1) is 13.0. The SMILES string of the molecule is COC(=O)C(C)(C)N1CCN(C(C)=O)CC1. The fourth-order valence-corrected chi connectivity index (χ4v) is 1.96. The first-order valence-corrected chi connectivity index (χ1v) is 5.48. The van der Waals surface area contributed by atoms with Gasteiger partial charge in [0.05, 0.1) is 7.11 Å². The van der Waals surface area contributed by atoms with E-state index >= 15 is 0 Å². The van der Waals surface area contributed by atoms with Crippen molar-refractivity contribution < 1.29 is 14.3 Å². The summed E-state index contributed by atoms with van der Waals surface area (Å²) in [5.41, 5.74) is -0.613. The van der Waals surface area contributed by atoms with Gasteiger partial charge in [0.1, 0.15) is 5.54 Å². The first-order valence-electron chi connectivity index (χ1n) is 5.48. The van der Waals surface area contributed by atoms with E-state index in [1.165, 1.54) is 7.11 Å². The van der Waals surface area contributed by atoms with Crippen LogP contribution >= 0.6 is 0 Å². The lowest BCUT2D eigenvalue weighted by Gasteiger charge is -2.41. The Morgan fingerprint density at radius 3 is 2.00 bits per heavy atom. The lowest BCUT2D eigenvalue weighted by atomic mass is 10.0. The molecule has 5 nitrogen and oxygen atoms in total. The molecule has 0 unspecified atom stereocenters. The van der Waals surface area contributed by atoms with E-state index in [-0.39, 0.29) is 11.9 Å². The molecule has 1 saturated heterocycles. The highest BCUT2D eigenvalue weighted by atomic mass is 16.5. The van der Waals surface area contributed by atoms with Gasteiger partial charge in [0.2, 0.25) is 5.91 Å². The number of rotatable bonds is 2. The smallest absolute Gasteiger partial charge is 0.325 e. The van der Waals surface area contributed by atoms with Crippen LogP contribution in [0.25, 0.3) is 0 Å². The molecule has 0 aromatic heterocycles. The Kier molecular flexibility index (Phi) is 3.91. The highest BCUT2D eigenvalue weighted by Crippen LogP contribution is 2.18. The van der Waals surface area contributed by atoms with E-state index < -0.39 is 5.54 Å². The van der Waals surface area contributed by atoms with Gasteiger partial charge in [0.25, 0.3) is 0 Å². The Balaban J connectivity index is 2.59. The fraction of sp³-hybridized carbons (Fsp3) is 0.818. The zero-order valence-corrected chi connectivity index (χ0v) is 10.4. The largest absolute Gasteiger partial charge is 0.468 e. The molecule has 1 rings (SSSR count). The number of piperazine rings is 1. The average Bonchev–Trinajstić information content (AvgIpc) is 2.28. The maximum Gasteiger partial charge on any atom is 0.325 e. The molecule has 1 heterocycles. The van der Waals surface area contributed by atoms with Crippen LogP contribution in [0.1, 0.15) is 20.8 Å². The van der Waals surface area contributed by atoms with Gasteiger partial charge >= 0.3 is 5.97 Å². The van der Waals surface area contributed by atoms with Crippen LogP contribution in [-0.2, 0) is 14.3 Å². The number of carbonyl (C=O) groups is 2. The molecule has 0 aromatic carbocycles. The zero-order valence-electron chi connectivity index (χ0n) is 10.4. The lowest BCUT2D eigenvalue weighted by molar-refractivity contribution is -0.154. The predicted octanol–water partition coefficient (Wildman–Crippen LogP) is 0.102. The third-order valence-corrected chi connectivity index (χ3v) is 3.20. The Hall–Kier alpha value is -1.10. The van der Waals surface area contributed by atoms with Gasteiger partial charge in [-0.25, -0.2) is 0 Å². The molecule has 1 aliphatic heterocycles. The quantitative estimate of drug-likeness (QED) is 0.629. The van der Waals surface area contributed by atoms with Gasteiger partial charge in [-0.1, -0.05) is 0 Å². The Morgan fingerprint density at radius 1 is 1.12 bits per heavy atom. The molecule has 1 amide bonds. The lowest BCUT2D eigenvalue weighted by Crippen LogP contribution is -2.58. The van der Waals surface area contributed by atoms with E-state index in [1.807, 2.05) is 13.8 Å². The molecular formula is C11H20N2O3. The minimum Gasteiger partial charge on any atom is -0.468 e. The number of hydrogen-bond donors (Lipinski definition) is 0. The zero-order chi connectivity index (χ0) is 12.3. The van der Waals surface area contributed by atoms with Crippen LogP contribution in [0.4, 0.5) is 0 Å². The summed E-state index contributed by atoms with van der Waals surface area (Å²) in [5, 5.41) is 0. The van der Waals surface area contributed by atoms with Crippen LogP contribution in [0.5, 0.6) is 0 Å². The fourth-order valence-electron chi connectivity index (χ4n) is 1.96. The molecule has 0 radical (unpaired) electrons. The van der Waals surface area contributed by atoms with Crippen molar-refractivity contribution >= 4 is 11.9 Å². The Labute approximate surface area is 96.3 Å². The highest BCUT2D eigenvalue weighted by molar-refractivity contribution is 5.79. The van der Waals surface area contributed by atoms with Crippen molar-refractivity contribution in [3.8, 4) is 0 Å². The molecule has 5 heteroatoms. The summed E-state index contributed by atoms with van der Waals surface area (Å²) < 4.78 is 4.78. The molecule has 92 valence electrons. The van der Waals surface area contributed by atoms with Gasteiger partial charge in [0, 0.05) is 33.1 Å². The van der Waals surface area contributed by atoms with Gasteiger partial charge < -0.3 is 9.64 Å². The summed E-state index contributed by atoms with van der Waals surface area (Å²) >= 11 is 0. The van der Waals surface area contributed by atoms with Crippen molar-refractivity contribution in [1.29, 1.82) is 0 Å². The summed E-state index contributed by atoms with van der Waals surface area (Å²) in [6, 6.07) is 0. The second kappa shape index (κ2) is 4.82. The summed E-state index contributed by atoms with van der Waals surface area (Å²) in [5.74, 6) is -0.140. The number of ether oxygens (including phenoxy) is 1. The van der Waals surface area contributed by atoms with Crippen LogP contribution in [0.2, 0.25) is 0 Å². The third kappa shape index (κ3) is 2.52. The summed E-state index contributed by atoms with van der Waals surface area (Å²) in [6.45, 7) is 8.04. The standard InChI is InChI=1S/C11H20N2O3/c1-9(14)12-5-7-13(8-6-12)11(2,3)10(15)16-4/h5-8H2,1-4H3. The van der Waals surface area contributed by atoms with Crippen molar-refractivity contribution in [2.45, 2.75) is 26.3 Å². The molecule has 0 atom stereocenters. The highest BCUT2D eigenvalue weighted by Gasteiger charge is 2.37. The van der Waals surface area contributed by atoms with Gasteiger partial charge in [-0.2, -0.15) is 0 Å². The monoisotopic (exact) mass is 228 g/mol. The molecule has 0 spiro atoms. The molecular weight excluding hydrogens is 208 g/mol. The minimum atomic E-state index is -0.613. The second-order valence-electron chi connectivity index (χ2n) is 4.54. The Bertz CT molecular complexity index is 281.